The molecule has 0 bridgehead atoms. The van der Waals surface area contributed by atoms with Crippen molar-refractivity contribution in [3.05, 3.63) is 47.3 Å². The van der Waals surface area contributed by atoms with E-state index < -0.39 is 0 Å². The number of carbonyl (C=O) groups excluding carboxylic acids is 1. The van der Waals surface area contributed by atoms with Gasteiger partial charge in [0.25, 0.3) is 5.91 Å². The average Bonchev–Trinajstić information content (AvgIpc) is 3.25. The number of benzene rings is 1. The predicted molar refractivity (Wildman–Crippen MR) is 81.7 cm³/mol. The number of nitrogen functional groups attached to an aromatic ring is 1. The van der Waals surface area contributed by atoms with Crippen LogP contribution in [0, 0.1) is 6.92 Å². The summed E-state index contributed by atoms with van der Waals surface area (Å²) in [5.74, 6) is 0.0475. The molecule has 3 rings (SSSR count). The summed E-state index contributed by atoms with van der Waals surface area (Å²) in [4.78, 5) is 14.7. The standard InChI is InChI=1S/C16H20N4O/c1-11-14(9-18-19(11)2)16(21)20(13-7-8-13)10-12-5-3-4-6-15(12)17/h3-6,9,13H,7-8,10,17H2,1-2H3. The number of hydrogen-bond donors (Lipinski definition) is 1. The molecule has 0 atom stereocenters. The quantitative estimate of drug-likeness (QED) is 0.875. The van der Waals surface area contributed by atoms with Gasteiger partial charge in [0.2, 0.25) is 0 Å². The highest BCUT2D eigenvalue weighted by molar-refractivity contribution is 5.95. The van der Waals surface area contributed by atoms with Gasteiger partial charge in [-0.2, -0.15) is 5.10 Å². The minimum absolute atomic E-state index is 0.0475. The van der Waals surface area contributed by atoms with E-state index >= 15 is 0 Å². The summed E-state index contributed by atoms with van der Waals surface area (Å²) in [6.45, 7) is 2.48. The SMILES string of the molecule is Cc1c(C(=O)N(Cc2ccccc2N)C2CC2)cnn1C. The van der Waals surface area contributed by atoms with E-state index in [4.69, 9.17) is 5.73 Å². The fraction of sp³-hybridized carbons (Fsp3) is 0.375. The molecule has 0 saturated heterocycles. The van der Waals surface area contributed by atoms with E-state index in [-0.39, 0.29) is 5.91 Å². The second-order valence-electron chi connectivity index (χ2n) is 5.63. The molecule has 1 fully saturated rings. The van der Waals surface area contributed by atoms with Crippen molar-refractivity contribution in [2.45, 2.75) is 32.4 Å². The Morgan fingerprint density at radius 2 is 2.14 bits per heavy atom. The summed E-state index contributed by atoms with van der Waals surface area (Å²) < 4.78 is 1.73. The largest absolute Gasteiger partial charge is 0.398 e. The molecule has 1 aromatic carbocycles. The van der Waals surface area contributed by atoms with Crippen LogP contribution >= 0.6 is 0 Å². The van der Waals surface area contributed by atoms with E-state index in [0.29, 0.717) is 18.2 Å². The number of nitrogens with zero attached hydrogens (tertiary/aromatic N) is 3. The summed E-state index contributed by atoms with van der Waals surface area (Å²) in [6, 6.07) is 8.05. The van der Waals surface area contributed by atoms with Crippen molar-refractivity contribution in [1.82, 2.24) is 14.7 Å². The first-order chi connectivity index (χ1) is 10.1. The van der Waals surface area contributed by atoms with Crippen molar-refractivity contribution < 1.29 is 4.79 Å². The van der Waals surface area contributed by atoms with Crippen LogP contribution in [0.1, 0.15) is 34.5 Å². The molecule has 0 spiro atoms. The van der Waals surface area contributed by atoms with Crippen molar-refractivity contribution in [1.29, 1.82) is 0 Å². The van der Waals surface area contributed by atoms with Gasteiger partial charge in [-0.1, -0.05) is 18.2 Å². The molecule has 21 heavy (non-hydrogen) atoms. The van der Waals surface area contributed by atoms with Crippen molar-refractivity contribution in [3.8, 4) is 0 Å². The van der Waals surface area contributed by atoms with Gasteiger partial charge in [-0.3, -0.25) is 9.48 Å². The molecule has 1 aliphatic carbocycles. The molecular formula is C16H20N4O. The molecule has 110 valence electrons. The third-order valence-corrected chi connectivity index (χ3v) is 4.11. The zero-order valence-corrected chi connectivity index (χ0v) is 12.4. The number of hydrogen-bond acceptors (Lipinski definition) is 3. The van der Waals surface area contributed by atoms with E-state index in [1.54, 1.807) is 10.9 Å². The molecule has 1 aliphatic rings. The number of aryl methyl sites for hydroxylation is 1. The third kappa shape index (κ3) is 2.63. The molecule has 1 aromatic heterocycles. The first-order valence-electron chi connectivity index (χ1n) is 7.21. The monoisotopic (exact) mass is 284 g/mol. The van der Waals surface area contributed by atoms with Gasteiger partial charge in [0, 0.05) is 31.0 Å². The fourth-order valence-corrected chi connectivity index (χ4v) is 2.48. The lowest BCUT2D eigenvalue weighted by Crippen LogP contribution is -2.33. The van der Waals surface area contributed by atoms with Crippen LogP contribution in [-0.4, -0.2) is 26.6 Å². The highest BCUT2D eigenvalue weighted by atomic mass is 16.2. The minimum Gasteiger partial charge on any atom is -0.398 e. The summed E-state index contributed by atoms with van der Waals surface area (Å²) in [6.07, 6.45) is 3.79. The Morgan fingerprint density at radius 1 is 1.43 bits per heavy atom. The number of nitrogens with two attached hydrogens (primary N) is 1. The Balaban J connectivity index is 1.87. The first kappa shape index (κ1) is 13.7. The smallest absolute Gasteiger partial charge is 0.257 e. The maximum atomic E-state index is 12.8. The highest BCUT2D eigenvalue weighted by Crippen LogP contribution is 2.31. The van der Waals surface area contributed by atoms with Gasteiger partial charge in [0.1, 0.15) is 0 Å². The van der Waals surface area contributed by atoms with Crippen molar-refractivity contribution >= 4 is 11.6 Å². The Kier molecular flexibility index (Phi) is 3.41. The van der Waals surface area contributed by atoms with Crippen LogP contribution in [0.2, 0.25) is 0 Å². The number of carbonyl (C=O) groups is 1. The van der Waals surface area contributed by atoms with Crippen molar-refractivity contribution in [2.75, 3.05) is 5.73 Å². The lowest BCUT2D eigenvalue weighted by molar-refractivity contribution is 0.0729. The van der Waals surface area contributed by atoms with Crippen LogP contribution in [0.15, 0.2) is 30.5 Å². The molecule has 0 aliphatic heterocycles. The number of para-hydroxylation sites is 1. The zero-order chi connectivity index (χ0) is 15.0. The molecule has 0 radical (unpaired) electrons. The zero-order valence-electron chi connectivity index (χ0n) is 12.4. The molecule has 1 heterocycles. The molecule has 1 amide bonds. The molecule has 5 nitrogen and oxygen atoms in total. The second kappa shape index (κ2) is 5.24. The van der Waals surface area contributed by atoms with Gasteiger partial charge in [0.05, 0.1) is 11.8 Å². The first-order valence-corrected chi connectivity index (χ1v) is 7.21. The Morgan fingerprint density at radius 3 is 2.71 bits per heavy atom. The third-order valence-electron chi connectivity index (χ3n) is 4.11. The van der Waals surface area contributed by atoms with E-state index in [0.717, 1.165) is 29.8 Å². The van der Waals surface area contributed by atoms with E-state index in [9.17, 15) is 4.79 Å². The Hall–Kier alpha value is -2.30. The summed E-state index contributed by atoms with van der Waals surface area (Å²) >= 11 is 0. The number of anilines is 1. The number of amides is 1. The van der Waals surface area contributed by atoms with Gasteiger partial charge in [-0.25, -0.2) is 0 Å². The van der Waals surface area contributed by atoms with Gasteiger partial charge in [-0.05, 0) is 31.4 Å². The van der Waals surface area contributed by atoms with Crippen LogP contribution in [0.3, 0.4) is 0 Å². The van der Waals surface area contributed by atoms with E-state index in [1.807, 2.05) is 43.1 Å². The molecule has 0 unspecified atom stereocenters. The van der Waals surface area contributed by atoms with E-state index in [2.05, 4.69) is 5.10 Å². The lowest BCUT2D eigenvalue weighted by Gasteiger charge is -2.23. The van der Waals surface area contributed by atoms with Gasteiger partial charge in [-0.15, -0.1) is 0 Å². The lowest BCUT2D eigenvalue weighted by atomic mass is 10.1. The molecule has 2 aromatic rings. The molecule has 2 N–H and O–H groups in total. The van der Waals surface area contributed by atoms with Crippen LogP contribution in [0.5, 0.6) is 0 Å². The Labute approximate surface area is 124 Å². The van der Waals surface area contributed by atoms with Crippen molar-refractivity contribution in [3.63, 3.8) is 0 Å². The maximum Gasteiger partial charge on any atom is 0.257 e. The number of rotatable bonds is 4. The van der Waals surface area contributed by atoms with Crippen LogP contribution < -0.4 is 5.73 Å². The summed E-state index contributed by atoms with van der Waals surface area (Å²) in [5, 5.41) is 4.17. The topological polar surface area (TPSA) is 64.2 Å². The van der Waals surface area contributed by atoms with Crippen LogP contribution in [0.25, 0.3) is 0 Å². The average molecular weight is 284 g/mol. The summed E-state index contributed by atoms with van der Waals surface area (Å²) in [5.41, 5.74) is 9.32. The van der Waals surface area contributed by atoms with Crippen LogP contribution in [0.4, 0.5) is 5.69 Å². The highest BCUT2D eigenvalue weighted by Gasteiger charge is 2.34. The predicted octanol–water partition coefficient (Wildman–Crippen LogP) is 2.12. The second-order valence-corrected chi connectivity index (χ2v) is 5.63. The molecular weight excluding hydrogens is 264 g/mol. The number of aromatic nitrogens is 2. The van der Waals surface area contributed by atoms with Gasteiger partial charge < -0.3 is 10.6 Å². The van der Waals surface area contributed by atoms with Gasteiger partial charge >= 0.3 is 0 Å². The fourth-order valence-electron chi connectivity index (χ4n) is 2.48. The van der Waals surface area contributed by atoms with Crippen LogP contribution in [-0.2, 0) is 13.6 Å². The minimum atomic E-state index is 0.0475. The molecule has 5 heteroatoms. The van der Waals surface area contributed by atoms with Crippen molar-refractivity contribution in [2.24, 2.45) is 7.05 Å². The maximum absolute atomic E-state index is 12.8. The van der Waals surface area contributed by atoms with E-state index in [1.165, 1.54) is 0 Å². The van der Waals surface area contributed by atoms with Gasteiger partial charge in [0.15, 0.2) is 0 Å². The normalized spacial score (nSPS) is 14.2. The Bertz CT molecular complexity index is 673. The summed E-state index contributed by atoms with van der Waals surface area (Å²) in [7, 11) is 1.85. The molecule has 1 saturated carbocycles.